The van der Waals surface area contributed by atoms with E-state index in [9.17, 15) is 9.59 Å². The van der Waals surface area contributed by atoms with E-state index in [0.717, 1.165) is 30.5 Å². The van der Waals surface area contributed by atoms with Gasteiger partial charge in [-0.1, -0.05) is 12.1 Å². The molecule has 3 aliphatic heterocycles. The van der Waals surface area contributed by atoms with Gasteiger partial charge >= 0.3 is 12.1 Å². The van der Waals surface area contributed by atoms with Gasteiger partial charge in [-0.3, -0.25) is 0 Å². The van der Waals surface area contributed by atoms with Crippen molar-refractivity contribution in [3.05, 3.63) is 41.1 Å². The van der Waals surface area contributed by atoms with E-state index >= 15 is 0 Å². The van der Waals surface area contributed by atoms with Gasteiger partial charge in [-0.25, -0.2) is 9.59 Å². The maximum absolute atomic E-state index is 12.4. The highest BCUT2D eigenvalue weighted by Crippen LogP contribution is 2.34. The van der Waals surface area contributed by atoms with Crippen LogP contribution in [0.2, 0.25) is 0 Å². The highest BCUT2D eigenvalue weighted by molar-refractivity contribution is 5.92. The molecular formula is C22H28N2O4. The molecule has 1 saturated heterocycles. The van der Waals surface area contributed by atoms with Crippen LogP contribution in [0.15, 0.2) is 24.4 Å². The van der Waals surface area contributed by atoms with Gasteiger partial charge in [0.1, 0.15) is 11.7 Å². The highest BCUT2D eigenvalue weighted by atomic mass is 16.6. The molecular weight excluding hydrogens is 356 g/mol. The number of esters is 1. The minimum Gasteiger partial charge on any atom is -0.459 e. The van der Waals surface area contributed by atoms with Crippen molar-refractivity contribution in [3.8, 4) is 0 Å². The number of amides is 1. The molecule has 0 aromatic heterocycles. The number of cyclic esters (lactones) is 1. The lowest BCUT2D eigenvalue weighted by Gasteiger charge is -2.38. The Bertz CT molecular complexity index is 839. The Morgan fingerprint density at radius 3 is 2.75 bits per heavy atom. The molecule has 150 valence electrons. The Hall–Kier alpha value is -2.50. The van der Waals surface area contributed by atoms with Crippen LogP contribution in [0, 0.1) is 0 Å². The SMILES string of the molecule is C[C@@H]1Cc2cc(C3=CN4CCN(C(=O)OC(C)(C)C)C[C@@H]4C3)ccc2C(=O)O1. The van der Waals surface area contributed by atoms with Crippen LogP contribution >= 0.6 is 0 Å². The predicted molar refractivity (Wildman–Crippen MR) is 106 cm³/mol. The number of carbonyl (C=O) groups is 2. The molecule has 2 atom stereocenters. The molecule has 6 heteroatoms. The molecule has 1 amide bonds. The zero-order valence-electron chi connectivity index (χ0n) is 17.0. The Morgan fingerprint density at radius 2 is 2.00 bits per heavy atom. The molecule has 3 heterocycles. The molecule has 0 unspecified atom stereocenters. The van der Waals surface area contributed by atoms with E-state index in [2.05, 4.69) is 17.2 Å². The first-order valence-electron chi connectivity index (χ1n) is 9.98. The van der Waals surface area contributed by atoms with E-state index in [1.165, 1.54) is 5.57 Å². The van der Waals surface area contributed by atoms with Gasteiger partial charge < -0.3 is 19.3 Å². The summed E-state index contributed by atoms with van der Waals surface area (Å²) >= 11 is 0. The molecule has 1 fully saturated rings. The van der Waals surface area contributed by atoms with Crippen molar-refractivity contribution in [3.63, 3.8) is 0 Å². The summed E-state index contributed by atoms with van der Waals surface area (Å²) in [5.41, 5.74) is 3.66. The number of fused-ring (bicyclic) bond motifs is 2. The number of piperazine rings is 1. The van der Waals surface area contributed by atoms with E-state index in [1.807, 2.05) is 44.7 Å². The number of carbonyl (C=O) groups excluding carboxylic acids is 2. The molecule has 1 aromatic carbocycles. The van der Waals surface area contributed by atoms with Gasteiger partial charge in [0.2, 0.25) is 0 Å². The van der Waals surface area contributed by atoms with Crippen LogP contribution in [0.1, 0.15) is 55.6 Å². The van der Waals surface area contributed by atoms with Crippen LogP contribution in [0.5, 0.6) is 0 Å². The fourth-order valence-corrected chi connectivity index (χ4v) is 4.17. The minimum atomic E-state index is -0.477. The van der Waals surface area contributed by atoms with Crippen LogP contribution in [0.3, 0.4) is 0 Å². The largest absolute Gasteiger partial charge is 0.459 e. The first kappa shape index (κ1) is 18.8. The third-order valence-electron chi connectivity index (χ3n) is 5.47. The summed E-state index contributed by atoms with van der Waals surface area (Å²) in [5, 5.41) is 0. The van der Waals surface area contributed by atoms with Gasteiger partial charge in [-0.2, -0.15) is 0 Å². The van der Waals surface area contributed by atoms with E-state index in [1.54, 1.807) is 0 Å². The number of hydrogen-bond acceptors (Lipinski definition) is 5. The molecule has 28 heavy (non-hydrogen) atoms. The summed E-state index contributed by atoms with van der Waals surface area (Å²) in [6, 6.07) is 6.29. The van der Waals surface area contributed by atoms with Crippen molar-refractivity contribution in [1.82, 2.24) is 9.80 Å². The topological polar surface area (TPSA) is 59.1 Å². The average molecular weight is 384 g/mol. The van der Waals surface area contributed by atoms with Crippen molar-refractivity contribution < 1.29 is 19.1 Å². The molecule has 4 rings (SSSR count). The highest BCUT2D eigenvalue weighted by Gasteiger charge is 2.35. The average Bonchev–Trinajstić information content (AvgIpc) is 3.02. The third kappa shape index (κ3) is 3.73. The molecule has 0 N–H and O–H groups in total. The van der Waals surface area contributed by atoms with Crippen molar-refractivity contribution in [2.24, 2.45) is 0 Å². The van der Waals surface area contributed by atoms with Gasteiger partial charge in [-0.05, 0) is 56.9 Å². The normalized spacial score (nSPS) is 24.3. The van der Waals surface area contributed by atoms with Crippen LogP contribution in [-0.2, 0) is 15.9 Å². The maximum Gasteiger partial charge on any atom is 0.410 e. The summed E-state index contributed by atoms with van der Waals surface area (Å²) in [5.74, 6) is -0.230. The van der Waals surface area contributed by atoms with Crippen LogP contribution < -0.4 is 0 Å². The monoisotopic (exact) mass is 384 g/mol. The van der Waals surface area contributed by atoms with Gasteiger partial charge in [0.05, 0.1) is 11.6 Å². The first-order chi connectivity index (χ1) is 13.2. The fourth-order valence-electron chi connectivity index (χ4n) is 4.17. The third-order valence-corrected chi connectivity index (χ3v) is 5.47. The molecule has 6 nitrogen and oxygen atoms in total. The summed E-state index contributed by atoms with van der Waals surface area (Å²) in [7, 11) is 0. The zero-order valence-corrected chi connectivity index (χ0v) is 17.0. The first-order valence-corrected chi connectivity index (χ1v) is 9.98. The molecule has 0 spiro atoms. The number of hydrogen-bond donors (Lipinski definition) is 0. The van der Waals surface area contributed by atoms with Crippen molar-refractivity contribution in [1.29, 1.82) is 0 Å². The number of nitrogens with zero attached hydrogens (tertiary/aromatic N) is 2. The Kier molecular flexibility index (Phi) is 4.60. The van der Waals surface area contributed by atoms with Crippen molar-refractivity contribution in [2.75, 3.05) is 19.6 Å². The molecule has 3 aliphatic rings. The molecule has 0 aliphatic carbocycles. The smallest absolute Gasteiger partial charge is 0.410 e. The van der Waals surface area contributed by atoms with E-state index < -0.39 is 5.60 Å². The number of ether oxygens (including phenoxy) is 2. The van der Waals surface area contributed by atoms with E-state index in [4.69, 9.17) is 9.47 Å². The molecule has 1 aromatic rings. The second-order valence-corrected chi connectivity index (χ2v) is 8.97. The lowest BCUT2D eigenvalue weighted by molar-refractivity contribution is 0.0117. The van der Waals surface area contributed by atoms with E-state index in [-0.39, 0.29) is 24.2 Å². The number of rotatable bonds is 1. The summed E-state index contributed by atoms with van der Waals surface area (Å²) in [4.78, 5) is 28.6. The maximum atomic E-state index is 12.4. The summed E-state index contributed by atoms with van der Waals surface area (Å²) in [6.45, 7) is 9.75. The lowest BCUT2D eigenvalue weighted by Crippen LogP contribution is -2.52. The Morgan fingerprint density at radius 1 is 1.21 bits per heavy atom. The van der Waals surface area contributed by atoms with Crippen LogP contribution in [0.25, 0.3) is 5.57 Å². The summed E-state index contributed by atoms with van der Waals surface area (Å²) in [6.07, 6.45) is 3.53. The molecule has 0 radical (unpaired) electrons. The predicted octanol–water partition coefficient (Wildman–Crippen LogP) is 3.45. The fraction of sp³-hybridized carbons (Fsp3) is 0.545. The van der Waals surface area contributed by atoms with Gasteiger partial charge in [0.15, 0.2) is 0 Å². The second-order valence-electron chi connectivity index (χ2n) is 8.97. The summed E-state index contributed by atoms with van der Waals surface area (Å²) < 4.78 is 10.8. The second kappa shape index (κ2) is 6.83. The molecule has 0 saturated carbocycles. The quantitative estimate of drug-likeness (QED) is 0.694. The Labute approximate surface area is 166 Å². The van der Waals surface area contributed by atoms with Gasteiger partial charge in [0.25, 0.3) is 0 Å². The zero-order chi connectivity index (χ0) is 20.1. The van der Waals surface area contributed by atoms with Gasteiger partial charge in [-0.15, -0.1) is 0 Å². The van der Waals surface area contributed by atoms with Crippen LogP contribution in [-0.4, -0.2) is 59.2 Å². The standard InChI is InChI=1S/C22H28N2O4/c1-14-9-16-10-15(5-6-19(16)20(25)27-14)17-11-18-13-24(8-7-23(18)12-17)21(26)28-22(2,3)4/h5-6,10,12,14,18H,7-9,11,13H2,1-4H3/t14-,18+/m1/s1. The van der Waals surface area contributed by atoms with E-state index in [0.29, 0.717) is 18.7 Å². The lowest BCUT2D eigenvalue weighted by atomic mass is 9.93. The molecule has 0 bridgehead atoms. The van der Waals surface area contributed by atoms with Crippen LogP contribution in [0.4, 0.5) is 4.79 Å². The van der Waals surface area contributed by atoms with Gasteiger partial charge in [0, 0.05) is 32.3 Å². The number of benzene rings is 1. The van der Waals surface area contributed by atoms with Crippen molar-refractivity contribution in [2.45, 2.75) is 58.3 Å². The minimum absolute atomic E-state index is 0.0819. The van der Waals surface area contributed by atoms with Crippen molar-refractivity contribution >= 4 is 17.6 Å². The Balaban J connectivity index is 1.46.